The van der Waals surface area contributed by atoms with Crippen LogP contribution in [0.3, 0.4) is 0 Å². The van der Waals surface area contributed by atoms with E-state index in [1.54, 1.807) is 24.3 Å². The monoisotopic (exact) mass is 275 g/mol. The summed E-state index contributed by atoms with van der Waals surface area (Å²) in [6, 6.07) is 11.4. The Kier molecular flexibility index (Phi) is 4.85. The molecule has 3 heteroatoms. The van der Waals surface area contributed by atoms with Crippen LogP contribution in [0.4, 0.5) is 8.78 Å². The highest BCUT2D eigenvalue weighted by atomic mass is 19.1. The lowest BCUT2D eigenvalue weighted by Gasteiger charge is -2.18. The van der Waals surface area contributed by atoms with E-state index in [1.807, 2.05) is 20.0 Å². The van der Waals surface area contributed by atoms with Crippen LogP contribution < -0.4 is 5.32 Å². The minimum absolute atomic E-state index is 0.121. The van der Waals surface area contributed by atoms with Crippen LogP contribution in [-0.4, -0.2) is 13.6 Å². The normalized spacial score (nSPS) is 12.4. The molecule has 0 amide bonds. The molecule has 0 saturated carbocycles. The predicted octanol–water partition coefficient (Wildman–Crippen LogP) is 3.82. The zero-order chi connectivity index (χ0) is 14.5. The maximum Gasteiger partial charge on any atom is 0.123 e. The van der Waals surface area contributed by atoms with Crippen LogP contribution in [-0.2, 0) is 6.42 Å². The molecule has 2 rings (SSSR count). The predicted molar refractivity (Wildman–Crippen MR) is 77.9 cm³/mol. The summed E-state index contributed by atoms with van der Waals surface area (Å²) >= 11 is 0. The number of hydrogen-bond donors (Lipinski definition) is 1. The first kappa shape index (κ1) is 14.7. The standard InChI is InChI=1S/C17H19F2N/c1-12-6-7-17(19)10-14(12)8-15(11-20-2)13-4-3-5-16(18)9-13/h3-7,9-10,15,20H,8,11H2,1-2H3. The summed E-state index contributed by atoms with van der Waals surface area (Å²) in [6.07, 6.45) is 0.688. The molecule has 0 aliphatic heterocycles. The van der Waals surface area contributed by atoms with E-state index in [9.17, 15) is 8.78 Å². The second-order valence-electron chi connectivity index (χ2n) is 5.08. The van der Waals surface area contributed by atoms with Gasteiger partial charge in [-0.15, -0.1) is 0 Å². The first-order valence-corrected chi connectivity index (χ1v) is 6.75. The van der Waals surface area contributed by atoms with Gasteiger partial charge >= 0.3 is 0 Å². The van der Waals surface area contributed by atoms with E-state index in [-0.39, 0.29) is 17.6 Å². The molecule has 0 radical (unpaired) electrons. The summed E-state index contributed by atoms with van der Waals surface area (Å²) in [5.74, 6) is -0.344. The topological polar surface area (TPSA) is 12.0 Å². The maximum atomic E-state index is 13.4. The average Bonchev–Trinajstić information content (AvgIpc) is 2.42. The Morgan fingerprint density at radius 2 is 1.80 bits per heavy atom. The molecule has 1 nitrogen and oxygen atoms in total. The van der Waals surface area contributed by atoms with Gasteiger partial charge in [-0.25, -0.2) is 8.78 Å². The van der Waals surface area contributed by atoms with E-state index in [4.69, 9.17) is 0 Å². The van der Waals surface area contributed by atoms with Crippen molar-refractivity contribution < 1.29 is 8.78 Å². The molecule has 0 heterocycles. The molecular weight excluding hydrogens is 256 g/mol. The third-order valence-electron chi connectivity index (χ3n) is 3.55. The first-order chi connectivity index (χ1) is 9.60. The van der Waals surface area contributed by atoms with Crippen molar-refractivity contribution in [3.8, 4) is 0 Å². The Labute approximate surface area is 118 Å². The summed E-state index contributed by atoms with van der Waals surface area (Å²) in [5, 5.41) is 3.12. The van der Waals surface area contributed by atoms with Crippen molar-refractivity contribution in [1.29, 1.82) is 0 Å². The van der Waals surface area contributed by atoms with Crippen molar-refractivity contribution in [3.63, 3.8) is 0 Å². The molecule has 2 aromatic rings. The van der Waals surface area contributed by atoms with Crippen LogP contribution in [0.5, 0.6) is 0 Å². The first-order valence-electron chi connectivity index (χ1n) is 6.75. The van der Waals surface area contributed by atoms with Crippen molar-refractivity contribution >= 4 is 0 Å². The van der Waals surface area contributed by atoms with Gasteiger partial charge in [0, 0.05) is 12.5 Å². The number of halogens is 2. The molecule has 1 atom stereocenters. The van der Waals surface area contributed by atoms with Crippen molar-refractivity contribution in [2.75, 3.05) is 13.6 Å². The lowest BCUT2D eigenvalue weighted by molar-refractivity contribution is 0.594. The Morgan fingerprint density at radius 3 is 2.50 bits per heavy atom. The summed E-state index contributed by atoms with van der Waals surface area (Å²) in [5.41, 5.74) is 2.96. The molecule has 0 saturated heterocycles. The number of benzene rings is 2. The molecule has 2 aromatic carbocycles. The smallest absolute Gasteiger partial charge is 0.123 e. The van der Waals surface area contributed by atoms with E-state index in [0.29, 0.717) is 6.42 Å². The van der Waals surface area contributed by atoms with E-state index in [1.165, 1.54) is 12.1 Å². The largest absolute Gasteiger partial charge is 0.319 e. The highest BCUT2D eigenvalue weighted by Gasteiger charge is 2.14. The Hall–Kier alpha value is -1.74. The zero-order valence-electron chi connectivity index (χ0n) is 11.8. The molecule has 106 valence electrons. The van der Waals surface area contributed by atoms with E-state index >= 15 is 0 Å². The van der Waals surface area contributed by atoms with E-state index < -0.39 is 0 Å². The molecule has 0 aromatic heterocycles. The number of aryl methyl sites for hydroxylation is 1. The molecule has 0 spiro atoms. The lowest BCUT2D eigenvalue weighted by atomic mass is 9.90. The summed E-state index contributed by atoms with van der Waals surface area (Å²) in [7, 11) is 1.87. The van der Waals surface area contributed by atoms with Gasteiger partial charge in [-0.2, -0.15) is 0 Å². The Morgan fingerprint density at radius 1 is 1.05 bits per heavy atom. The summed E-state index contributed by atoms with van der Waals surface area (Å²) in [4.78, 5) is 0. The van der Waals surface area contributed by atoms with Crippen LogP contribution in [0.2, 0.25) is 0 Å². The maximum absolute atomic E-state index is 13.4. The SMILES string of the molecule is CNCC(Cc1cc(F)ccc1C)c1cccc(F)c1. The van der Waals surface area contributed by atoms with Gasteiger partial charge in [0.25, 0.3) is 0 Å². The van der Waals surface area contributed by atoms with Crippen LogP contribution in [0.15, 0.2) is 42.5 Å². The molecule has 0 aliphatic rings. The van der Waals surface area contributed by atoms with Crippen LogP contribution in [0.25, 0.3) is 0 Å². The second kappa shape index (κ2) is 6.62. The van der Waals surface area contributed by atoms with Crippen molar-refractivity contribution in [2.24, 2.45) is 0 Å². The number of nitrogens with one attached hydrogen (secondary N) is 1. The van der Waals surface area contributed by atoms with Gasteiger partial charge in [0.15, 0.2) is 0 Å². The van der Waals surface area contributed by atoms with Crippen LogP contribution in [0.1, 0.15) is 22.6 Å². The van der Waals surface area contributed by atoms with Crippen molar-refractivity contribution in [3.05, 3.63) is 70.8 Å². The lowest BCUT2D eigenvalue weighted by Crippen LogP contribution is -2.19. The minimum atomic E-state index is -0.237. The Balaban J connectivity index is 2.27. The van der Waals surface area contributed by atoms with E-state index in [2.05, 4.69) is 5.32 Å². The van der Waals surface area contributed by atoms with Gasteiger partial charge in [-0.1, -0.05) is 18.2 Å². The van der Waals surface area contributed by atoms with Gasteiger partial charge in [0.2, 0.25) is 0 Å². The van der Waals surface area contributed by atoms with Crippen molar-refractivity contribution in [2.45, 2.75) is 19.3 Å². The van der Waals surface area contributed by atoms with Crippen LogP contribution >= 0.6 is 0 Å². The number of rotatable bonds is 5. The fourth-order valence-electron chi connectivity index (χ4n) is 2.44. The quantitative estimate of drug-likeness (QED) is 0.874. The Bertz CT molecular complexity index is 581. The van der Waals surface area contributed by atoms with Crippen molar-refractivity contribution in [1.82, 2.24) is 5.32 Å². The van der Waals surface area contributed by atoms with Gasteiger partial charge < -0.3 is 5.32 Å². The second-order valence-corrected chi connectivity index (χ2v) is 5.08. The van der Waals surface area contributed by atoms with Gasteiger partial charge in [0.05, 0.1) is 0 Å². The molecule has 0 aliphatic carbocycles. The molecule has 0 bridgehead atoms. The van der Waals surface area contributed by atoms with Gasteiger partial charge in [0.1, 0.15) is 11.6 Å². The fraction of sp³-hybridized carbons (Fsp3) is 0.294. The summed E-state index contributed by atoms with van der Waals surface area (Å²) in [6.45, 7) is 2.69. The highest BCUT2D eigenvalue weighted by Crippen LogP contribution is 2.23. The third-order valence-corrected chi connectivity index (χ3v) is 3.55. The highest BCUT2D eigenvalue weighted by molar-refractivity contribution is 5.30. The number of likely N-dealkylation sites (N-methyl/N-ethyl adjacent to an activating group) is 1. The molecule has 1 unspecified atom stereocenters. The fourth-order valence-corrected chi connectivity index (χ4v) is 2.44. The summed E-state index contributed by atoms with van der Waals surface area (Å²) < 4.78 is 26.7. The number of hydrogen-bond acceptors (Lipinski definition) is 1. The minimum Gasteiger partial charge on any atom is -0.319 e. The van der Waals surface area contributed by atoms with Gasteiger partial charge in [-0.3, -0.25) is 0 Å². The zero-order valence-corrected chi connectivity index (χ0v) is 11.8. The third kappa shape index (κ3) is 3.64. The molecular formula is C17H19F2N. The average molecular weight is 275 g/mol. The van der Waals surface area contributed by atoms with E-state index in [0.717, 1.165) is 23.2 Å². The molecule has 20 heavy (non-hydrogen) atoms. The van der Waals surface area contributed by atoms with Gasteiger partial charge in [-0.05, 0) is 61.3 Å². The molecule has 1 N–H and O–H groups in total. The molecule has 0 fully saturated rings. The van der Waals surface area contributed by atoms with Crippen LogP contribution in [0, 0.1) is 18.6 Å².